The molecular weight excluding hydrogens is 330 g/mol. The molecule has 0 aliphatic carbocycles. The molecule has 21 heavy (non-hydrogen) atoms. The van der Waals surface area contributed by atoms with Crippen LogP contribution in [-0.4, -0.2) is 15.8 Å². The van der Waals surface area contributed by atoms with Crippen molar-refractivity contribution in [3.63, 3.8) is 0 Å². The van der Waals surface area contributed by atoms with Crippen molar-refractivity contribution in [3.05, 3.63) is 58.8 Å². The molecule has 0 aliphatic rings. The van der Waals surface area contributed by atoms with Gasteiger partial charge >= 0.3 is 0 Å². The van der Waals surface area contributed by atoms with Crippen LogP contribution in [0.25, 0.3) is 10.9 Å². The smallest absolute Gasteiger partial charge is 0.159 e. The molecule has 1 aromatic heterocycles. The summed E-state index contributed by atoms with van der Waals surface area (Å²) in [4.78, 5) is 20.0. The van der Waals surface area contributed by atoms with Crippen LogP contribution in [0, 0.1) is 0 Å². The summed E-state index contributed by atoms with van der Waals surface area (Å²) in [7, 11) is 0. The number of anilines is 2. The Morgan fingerprint density at radius 3 is 2.76 bits per heavy atom. The first kappa shape index (κ1) is 13.7. The van der Waals surface area contributed by atoms with Crippen LogP contribution in [0.2, 0.25) is 0 Å². The van der Waals surface area contributed by atoms with E-state index in [1.54, 1.807) is 13.0 Å². The fraction of sp³-hybridized carbons (Fsp3) is 0.0625. The van der Waals surface area contributed by atoms with Crippen LogP contribution in [0.15, 0.2) is 53.3 Å². The fourth-order valence-electron chi connectivity index (χ4n) is 2.10. The number of fused-ring (bicyclic) bond motifs is 1. The molecule has 0 fully saturated rings. The van der Waals surface area contributed by atoms with Crippen molar-refractivity contribution in [1.82, 2.24) is 9.97 Å². The lowest BCUT2D eigenvalue weighted by molar-refractivity contribution is 0.101. The number of nitrogens with zero attached hydrogens (tertiary/aromatic N) is 2. The Labute approximate surface area is 130 Å². The van der Waals surface area contributed by atoms with Crippen LogP contribution >= 0.6 is 15.9 Å². The minimum absolute atomic E-state index is 0.0361. The second kappa shape index (κ2) is 5.61. The largest absolute Gasteiger partial charge is 0.340 e. The molecule has 0 saturated heterocycles. The number of aromatic nitrogens is 2. The normalized spacial score (nSPS) is 10.6. The third-order valence-electron chi connectivity index (χ3n) is 3.15. The predicted octanol–water partition coefficient (Wildman–Crippen LogP) is 4.34. The summed E-state index contributed by atoms with van der Waals surface area (Å²) in [6.45, 7) is 1.55. The molecule has 0 spiro atoms. The first-order chi connectivity index (χ1) is 10.1. The Kier molecular flexibility index (Phi) is 3.66. The third kappa shape index (κ3) is 2.78. The summed E-state index contributed by atoms with van der Waals surface area (Å²) in [5.74, 6) is 0.746. The highest BCUT2D eigenvalue weighted by Crippen LogP contribution is 2.27. The Balaban J connectivity index is 2.04. The average molecular weight is 342 g/mol. The Morgan fingerprint density at radius 1 is 1.14 bits per heavy atom. The van der Waals surface area contributed by atoms with Crippen molar-refractivity contribution < 1.29 is 4.79 Å². The summed E-state index contributed by atoms with van der Waals surface area (Å²) in [6, 6.07) is 13.2. The van der Waals surface area contributed by atoms with Gasteiger partial charge in [0.2, 0.25) is 0 Å². The number of para-hydroxylation sites is 1. The number of carbonyl (C=O) groups is 1. The van der Waals surface area contributed by atoms with Gasteiger partial charge in [0.15, 0.2) is 5.78 Å². The van der Waals surface area contributed by atoms with Crippen molar-refractivity contribution >= 4 is 44.1 Å². The molecule has 5 heteroatoms. The number of hydrogen-bond donors (Lipinski definition) is 1. The molecular formula is C16H12BrN3O. The van der Waals surface area contributed by atoms with Gasteiger partial charge in [0, 0.05) is 21.1 Å². The molecule has 0 atom stereocenters. The number of ketones is 1. The fourth-order valence-corrected chi connectivity index (χ4v) is 2.57. The minimum atomic E-state index is 0.0361. The molecule has 0 bridgehead atoms. The van der Waals surface area contributed by atoms with E-state index in [1.807, 2.05) is 36.4 Å². The molecule has 0 saturated carbocycles. The molecule has 1 heterocycles. The first-order valence-corrected chi connectivity index (χ1v) is 7.22. The quantitative estimate of drug-likeness (QED) is 0.720. The van der Waals surface area contributed by atoms with Gasteiger partial charge in [-0.25, -0.2) is 9.97 Å². The molecule has 0 amide bonds. The van der Waals surface area contributed by atoms with E-state index in [1.165, 1.54) is 6.33 Å². The van der Waals surface area contributed by atoms with E-state index in [-0.39, 0.29) is 5.78 Å². The van der Waals surface area contributed by atoms with Gasteiger partial charge in [-0.05, 0) is 47.1 Å². The Morgan fingerprint density at radius 2 is 1.95 bits per heavy atom. The van der Waals surface area contributed by atoms with E-state index in [4.69, 9.17) is 0 Å². The number of nitrogens with one attached hydrogen (secondary N) is 1. The van der Waals surface area contributed by atoms with Crippen molar-refractivity contribution in [2.24, 2.45) is 0 Å². The van der Waals surface area contributed by atoms with Crippen molar-refractivity contribution in [2.75, 3.05) is 5.32 Å². The zero-order chi connectivity index (χ0) is 14.8. The van der Waals surface area contributed by atoms with Crippen LogP contribution in [0.4, 0.5) is 11.5 Å². The number of Topliss-reactive ketones (excluding diaryl/α,β-unsaturated/α-hetero) is 1. The summed E-state index contributed by atoms with van der Waals surface area (Å²) in [6.07, 6.45) is 1.52. The number of carbonyl (C=O) groups excluding carboxylic acids is 1. The monoisotopic (exact) mass is 341 g/mol. The average Bonchev–Trinajstić information content (AvgIpc) is 2.49. The summed E-state index contributed by atoms with van der Waals surface area (Å²) in [5.41, 5.74) is 2.33. The van der Waals surface area contributed by atoms with Crippen LogP contribution in [0.5, 0.6) is 0 Å². The van der Waals surface area contributed by atoms with Gasteiger partial charge in [-0.1, -0.05) is 18.2 Å². The highest BCUT2D eigenvalue weighted by molar-refractivity contribution is 9.10. The van der Waals surface area contributed by atoms with Gasteiger partial charge in [0.1, 0.15) is 12.1 Å². The van der Waals surface area contributed by atoms with Gasteiger partial charge in [-0.15, -0.1) is 0 Å². The van der Waals surface area contributed by atoms with E-state index in [0.29, 0.717) is 11.4 Å². The topological polar surface area (TPSA) is 54.9 Å². The molecule has 104 valence electrons. The van der Waals surface area contributed by atoms with Crippen LogP contribution in [0.1, 0.15) is 17.3 Å². The van der Waals surface area contributed by atoms with Crippen LogP contribution < -0.4 is 5.32 Å². The Bertz CT molecular complexity index is 833. The van der Waals surface area contributed by atoms with Gasteiger partial charge in [0.05, 0.1) is 5.52 Å². The van der Waals surface area contributed by atoms with E-state index in [2.05, 4.69) is 31.2 Å². The minimum Gasteiger partial charge on any atom is -0.340 e. The molecule has 4 nitrogen and oxygen atoms in total. The number of halogens is 1. The maximum atomic E-state index is 11.4. The summed E-state index contributed by atoms with van der Waals surface area (Å²) >= 11 is 3.48. The van der Waals surface area contributed by atoms with Crippen LogP contribution in [0.3, 0.4) is 0 Å². The zero-order valence-corrected chi connectivity index (χ0v) is 12.9. The molecule has 2 aromatic carbocycles. The van der Waals surface area contributed by atoms with E-state index in [0.717, 1.165) is 21.1 Å². The highest BCUT2D eigenvalue weighted by atomic mass is 79.9. The highest BCUT2D eigenvalue weighted by Gasteiger charge is 2.07. The van der Waals surface area contributed by atoms with E-state index < -0.39 is 0 Å². The first-order valence-electron chi connectivity index (χ1n) is 6.42. The lowest BCUT2D eigenvalue weighted by atomic mass is 10.1. The number of benzene rings is 2. The maximum Gasteiger partial charge on any atom is 0.159 e. The second-order valence-electron chi connectivity index (χ2n) is 4.62. The lowest BCUT2D eigenvalue weighted by Gasteiger charge is -2.09. The van der Waals surface area contributed by atoms with Crippen molar-refractivity contribution in [2.45, 2.75) is 6.92 Å². The molecule has 3 rings (SSSR count). The standard InChI is InChI=1S/C16H12BrN3O/c1-10(21)11-4-2-5-12(8-11)20-16-13-6-3-7-14(17)15(13)18-9-19-16/h2-9H,1H3,(H,18,19,20). The Hall–Kier alpha value is -2.27. The molecule has 0 radical (unpaired) electrons. The van der Waals surface area contributed by atoms with Crippen molar-refractivity contribution in [1.29, 1.82) is 0 Å². The van der Waals surface area contributed by atoms with Gasteiger partial charge < -0.3 is 5.32 Å². The van der Waals surface area contributed by atoms with Gasteiger partial charge in [-0.3, -0.25) is 4.79 Å². The maximum absolute atomic E-state index is 11.4. The summed E-state index contributed by atoms with van der Waals surface area (Å²) in [5, 5.41) is 4.16. The molecule has 3 aromatic rings. The zero-order valence-electron chi connectivity index (χ0n) is 11.3. The van der Waals surface area contributed by atoms with Gasteiger partial charge in [0.25, 0.3) is 0 Å². The molecule has 0 aliphatic heterocycles. The SMILES string of the molecule is CC(=O)c1cccc(Nc2ncnc3c(Br)cccc23)c1. The lowest BCUT2D eigenvalue weighted by Crippen LogP contribution is -1.98. The molecule has 1 N–H and O–H groups in total. The van der Waals surface area contributed by atoms with Crippen molar-refractivity contribution in [3.8, 4) is 0 Å². The van der Waals surface area contributed by atoms with Crippen LogP contribution in [-0.2, 0) is 0 Å². The van der Waals surface area contributed by atoms with E-state index >= 15 is 0 Å². The second-order valence-corrected chi connectivity index (χ2v) is 5.47. The van der Waals surface area contributed by atoms with Gasteiger partial charge in [-0.2, -0.15) is 0 Å². The number of hydrogen-bond acceptors (Lipinski definition) is 4. The third-order valence-corrected chi connectivity index (χ3v) is 3.79. The predicted molar refractivity (Wildman–Crippen MR) is 87.0 cm³/mol. The van der Waals surface area contributed by atoms with E-state index in [9.17, 15) is 4.79 Å². The molecule has 0 unspecified atom stereocenters. The summed E-state index contributed by atoms with van der Waals surface area (Å²) < 4.78 is 0.919. The number of rotatable bonds is 3.